The summed E-state index contributed by atoms with van der Waals surface area (Å²) in [5.74, 6) is -0.141. The molecule has 1 heterocycles. The lowest BCUT2D eigenvalue weighted by Gasteiger charge is -2.24. The number of aromatic hydroxyl groups is 1. The summed E-state index contributed by atoms with van der Waals surface area (Å²) in [6.07, 6.45) is 5.59. The van der Waals surface area contributed by atoms with Gasteiger partial charge in [0.05, 0.1) is 12.2 Å². The fourth-order valence-electron chi connectivity index (χ4n) is 3.11. The highest BCUT2D eigenvalue weighted by atomic mass is 32.1. The van der Waals surface area contributed by atoms with Crippen molar-refractivity contribution in [2.24, 2.45) is 5.92 Å². The largest absolute Gasteiger partial charge is 0.508 e. The second-order valence-corrected chi connectivity index (χ2v) is 7.51. The summed E-state index contributed by atoms with van der Waals surface area (Å²) in [5, 5.41) is 32.7. The first-order valence-electron chi connectivity index (χ1n) is 9.05. The molecule has 0 unspecified atom stereocenters. The Bertz CT molecular complexity index is 706. The van der Waals surface area contributed by atoms with Crippen molar-refractivity contribution >= 4 is 17.4 Å². The number of thiophene rings is 1. The lowest BCUT2D eigenvalue weighted by Crippen LogP contribution is -2.24. The maximum absolute atomic E-state index is 10.6. The van der Waals surface area contributed by atoms with E-state index in [2.05, 4.69) is 19.6 Å². The Morgan fingerprint density at radius 2 is 2.00 bits per heavy atom. The SMILES string of the molecule is C=C[C@H]([C@H](O)CC/C(=C/c1cccc(O)c1)CCC)[C@H](O)c1cccs1. The summed E-state index contributed by atoms with van der Waals surface area (Å²) in [6, 6.07) is 10.9. The van der Waals surface area contributed by atoms with Gasteiger partial charge in [-0.05, 0) is 48.4 Å². The fourth-order valence-corrected chi connectivity index (χ4v) is 3.88. The van der Waals surface area contributed by atoms with Crippen LogP contribution in [0.25, 0.3) is 6.08 Å². The second kappa shape index (κ2) is 10.3. The smallest absolute Gasteiger partial charge is 0.116 e. The van der Waals surface area contributed by atoms with E-state index < -0.39 is 18.1 Å². The Kier molecular flexibility index (Phi) is 8.10. The van der Waals surface area contributed by atoms with Crippen LogP contribution in [0.5, 0.6) is 5.75 Å². The average Bonchev–Trinajstić information content (AvgIpc) is 3.15. The third-order valence-electron chi connectivity index (χ3n) is 4.49. The molecule has 26 heavy (non-hydrogen) atoms. The van der Waals surface area contributed by atoms with Crippen molar-refractivity contribution in [3.8, 4) is 5.75 Å². The van der Waals surface area contributed by atoms with Crippen molar-refractivity contribution in [1.29, 1.82) is 0 Å². The summed E-state index contributed by atoms with van der Waals surface area (Å²) >= 11 is 1.48. The Morgan fingerprint density at radius 1 is 1.19 bits per heavy atom. The van der Waals surface area contributed by atoms with Gasteiger partial charge in [-0.2, -0.15) is 0 Å². The molecule has 2 rings (SSSR count). The van der Waals surface area contributed by atoms with Gasteiger partial charge in [-0.1, -0.05) is 49.3 Å². The first kappa shape index (κ1) is 20.4. The summed E-state index contributed by atoms with van der Waals surface area (Å²) in [5.41, 5.74) is 2.19. The summed E-state index contributed by atoms with van der Waals surface area (Å²) < 4.78 is 0. The fraction of sp³-hybridized carbons (Fsp3) is 0.364. The Labute approximate surface area is 160 Å². The quantitative estimate of drug-likeness (QED) is 0.495. The van der Waals surface area contributed by atoms with E-state index in [4.69, 9.17) is 0 Å². The molecular weight excluding hydrogens is 344 g/mol. The highest BCUT2D eigenvalue weighted by Crippen LogP contribution is 2.31. The molecule has 0 aliphatic rings. The molecule has 0 amide bonds. The van der Waals surface area contributed by atoms with E-state index in [-0.39, 0.29) is 5.75 Å². The number of hydrogen-bond acceptors (Lipinski definition) is 4. The molecule has 4 heteroatoms. The predicted octanol–water partition coefficient (Wildman–Crippen LogP) is 5.31. The minimum absolute atomic E-state index is 0.250. The molecule has 2 aromatic rings. The van der Waals surface area contributed by atoms with Crippen molar-refractivity contribution in [1.82, 2.24) is 0 Å². The maximum Gasteiger partial charge on any atom is 0.116 e. The lowest BCUT2D eigenvalue weighted by atomic mass is 9.90. The van der Waals surface area contributed by atoms with E-state index >= 15 is 0 Å². The summed E-state index contributed by atoms with van der Waals surface area (Å²) in [6.45, 7) is 5.92. The molecule has 0 saturated carbocycles. The number of allylic oxidation sites excluding steroid dienone is 1. The Hall–Kier alpha value is -1.88. The normalized spacial score (nSPS) is 15.4. The van der Waals surface area contributed by atoms with Crippen LogP contribution in [0.1, 0.15) is 49.2 Å². The number of benzene rings is 1. The maximum atomic E-state index is 10.6. The molecule has 0 spiro atoms. The second-order valence-electron chi connectivity index (χ2n) is 6.53. The van der Waals surface area contributed by atoms with Gasteiger partial charge in [-0.15, -0.1) is 17.9 Å². The van der Waals surface area contributed by atoms with Gasteiger partial charge in [0.25, 0.3) is 0 Å². The van der Waals surface area contributed by atoms with Gasteiger partial charge >= 0.3 is 0 Å². The zero-order valence-corrected chi connectivity index (χ0v) is 16.0. The van der Waals surface area contributed by atoms with E-state index in [0.29, 0.717) is 6.42 Å². The molecule has 3 nitrogen and oxygen atoms in total. The van der Waals surface area contributed by atoms with E-state index in [9.17, 15) is 15.3 Å². The van der Waals surface area contributed by atoms with Crippen molar-refractivity contribution in [2.75, 3.05) is 0 Å². The van der Waals surface area contributed by atoms with E-state index in [0.717, 1.165) is 29.7 Å². The van der Waals surface area contributed by atoms with Crippen molar-refractivity contribution < 1.29 is 15.3 Å². The number of phenolic OH excluding ortho intramolecular Hbond substituents is 1. The number of rotatable bonds is 10. The van der Waals surface area contributed by atoms with Gasteiger partial charge in [0.1, 0.15) is 5.75 Å². The molecule has 3 N–H and O–H groups in total. The number of aliphatic hydroxyl groups excluding tert-OH is 2. The van der Waals surface area contributed by atoms with Gasteiger partial charge in [-0.3, -0.25) is 0 Å². The molecule has 140 valence electrons. The Balaban J connectivity index is 2.03. The van der Waals surface area contributed by atoms with E-state index in [1.54, 1.807) is 18.2 Å². The highest BCUT2D eigenvalue weighted by Gasteiger charge is 2.26. The standard InChI is InChI=1S/C22H28O3S/c1-3-7-16(14-17-8-5-9-18(23)15-17)11-12-20(24)19(4-2)22(25)21-10-6-13-26-21/h4-6,8-10,13-15,19-20,22-25H,2-3,7,11-12H2,1H3/b16-14+/t19-,20-,22+/m1/s1. The van der Waals surface area contributed by atoms with Gasteiger partial charge in [0, 0.05) is 10.8 Å². The Morgan fingerprint density at radius 3 is 2.62 bits per heavy atom. The third kappa shape index (κ3) is 5.84. The van der Waals surface area contributed by atoms with Gasteiger partial charge < -0.3 is 15.3 Å². The molecule has 1 aromatic carbocycles. The molecule has 0 radical (unpaired) electrons. The van der Waals surface area contributed by atoms with Crippen LogP contribution in [0.4, 0.5) is 0 Å². The zero-order chi connectivity index (χ0) is 18.9. The van der Waals surface area contributed by atoms with E-state index in [1.165, 1.54) is 16.9 Å². The highest BCUT2D eigenvalue weighted by molar-refractivity contribution is 7.10. The van der Waals surface area contributed by atoms with Crippen LogP contribution in [0, 0.1) is 5.92 Å². The first-order valence-corrected chi connectivity index (χ1v) is 9.93. The molecule has 0 aliphatic carbocycles. The van der Waals surface area contributed by atoms with Gasteiger partial charge in [0.2, 0.25) is 0 Å². The van der Waals surface area contributed by atoms with Crippen LogP contribution in [0.15, 0.2) is 60.0 Å². The molecule has 0 aliphatic heterocycles. The summed E-state index contributed by atoms with van der Waals surface area (Å²) in [4.78, 5) is 0.845. The van der Waals surface area contributed by atoms with Crippen LogP contribution in [0.3, 0.4) is 0 Å². The topological polar surface area (TPSA) is 60.7 Å². The number of hydrogen-bond donors (Lipinski definition) is 3. The minimum atomic E-state index is -0.729. The third-order valence-corrected chi connectivity index (χ3v) is 5.43. The molecule has 0 fully saturated rings. The van der Waals surface area contributed by atoms with Crippen LogP contribution in [-0.4, -0.2) is 21.4 Å². The lowest BCUT2D eigenvalue weighted by molar-refractivity contribution is 0.0336. The van der Waals surface area contributed by atoms with Crippen LogP contribution in [-0.2, 0) is 0 Å². The molecule has 3 atom stereocenters. The zero-order valence-electron chi connectivity index (χ0n) is 15.2. The average molecular weight is 373 g/mol. The van der Waals surface area contributed by atoms with Crippen molar-refractivity contribution in [2.45, 2.75) is 44.8 Å². The van der Waals surface area contributed by atoms with Crippen molar-refractivity contribution in [3.63, 3.8) is 0 Å². The van der Waals surface area contributed by atoms with Crippen LogP contribution in [0.2, 0.25) is 0 Å². The van der Waals surface area contributed by atoms with Crippen molar-refractivity contribution in [3.05, 3.63) is 70.4 Å². The van der Waals surface area contributed by atoms with Crippen LogP contribution >= 0.6 is 11.3 Å². The summed E-state index contributed by atoms with van der Waals surface area (Å²) in [7, 11) is 0. The minimum Gasteiger partial charge on any atom is -0.508 e. The molecular formula is C22H28O3S. The number of phenols is 1. The molecule has 1 aromatic heterocycles. The first-order chi connectivity index (χ1) is 12.5. The predicted molar refractivity (Wildman–Crippen MR) is 109 cm³/mol. The monoisotopic (exact) mass is 372 g/mol. The molecule has 0 saturated heterocycles. The van der Waals surface area contributed by atoms with E-state index in [1.807, 2.05) is 29.6 Å². The molecule has 0 bridgehead atoms. The van der Waals surface area contributed by atoms with Gasteiger partial charge in [-0.25, -0.2) is 0 Å². The number of aliphatic hydroxyl groups is 2. The van der Waals surface area contributed by atoms with Crippen LogP contribution < -0.4 is 0 Å². The van der Waals surface area contributed by atoms with Gasteiger partial charge in [0.15, 0.2) is 0 Å².